The lowest BCUT2D eigenvalue weighted by Crippen LogP contribution is -2.44. The maximum Gasteiger partial charge on any atom is 0.246 e. The molecular formula is C23H34N2O3. The number of rotatable bonds is 6. The van der Waals surface area contributed by atoms with E-state index in [1.54, 1.807) is 20.3 Å². The highest BCUT2D eigenvalue weighted by atomic mass is 16.5. The molecule has 5 nitrogen and oxygen atoms in total. The molecule has 0 aliphatic carbocycles. The molecule has 0 radical (unpaired) electrons. The van der Waals surface area contributed by atoms with Gasteiger partial charge in [0.25, 0.3) is 0 Å². The van der Waals surface area contributed by atoms with E-state index in [1.807, 2.05) is 29.2 Å². The second-order valence-electron chi connectivity index (χ2n) is 8.19. The first-order valence-electron chi connectivity index (χ1n) is 10.5. The number of piperidine rings is 2. The van der Waals surface area contributed by atoms with Gasteiger partial charge in [-0.15, -0.1) is 0 Å². The number of methoxy groups -OCH3 is 2. The van der Waals surface area contributed by atoms with E-state index in [0.29, 0.717) is 17.4 Å². The van der Waals surface area contributed by atoms with E-state index in [4.69, 9.17) is 9.47 Å². The predicted molar refractivity (Wildman–Crippen MR) is 113 cm³/mol. The number of para-hydroxylation sites is 1. The van der Waals surface area contributed by atoms with Gasteiger partial charge in [0.05, 0.1) is 14.2 Å². The number of benzene rings is 1. The first kappa shape index (κ1) is 20.7. The van der Waals surface area contributed by atoms with Gasteiger partial charge >= 0.3 is 0 Å². The molecule has 2 fully saturated rings. The summed E-state index contributed by atoms with van der Waals surface area (Å²) in [7, 11) is 3.24. The largest absolute Gasteiger partial charge is 0.493 e. The van der Waals surface area contributed by atoms with Gasteiger partial charge in [0, 0.05) is 31.3 Å². The molecule has 28 heavy (non-hydrogen) atoms. The summed E-state index contributed by atoms with van der Waals surface area (Å²) in [4.78, 5) is 17.4. The zero-order valence-electron chi connectivity index (χ0n) is 17.5. The van der Waals surface area contributed by atoms with Crippen molar-refractivity contribution in [3.05, 3.63) is 29.8 Å². The lowest BCUT2D eigenvalue weighted by Gasteiger charge is -2.37. The van der Waals surface area contributed by atoms with Gasteiger partial charge in [-0.05, 0) is 62.8 Å². The molecule has 5 heteroatoms. The molecule has 1 aromatic rings. The number of hydrogen-bond donors (Lipinski definition) is 0. The van der Waals surface area contributed by atoms with Gasteiger partial charge in [0.2, 0.25) is 5.91 Å². The minimum Gasteiger partial charge on any atom is -0.493 e. The third kappa shape index (κ3) is 5.28. The molecule has 0 bridgehead atoms. The molecule has 154 valence electrons. The van der Waals surface area contributed by atoms with Crippen LogP contribution in [0.5, 0.6) is 11.5 Å². The Bertz CT molecular complexity index is 680. The predicted octanol–water partition coefficient (Wildman–Crippen LogP) is 3.69. The van der Waals surface area contributed by atoms with Crippen LogP contribution in [-0.2, 0) is 4.79 Å². The fourth-order valence-corrected chi connectivity index (χ4v) is 4.33. The van der Waals surface area contributed by atoms with Crippen LogP contribution in [0.1, 0.15) is 38.2 Å². The second-order valence-corrected chi connectivity index (χ2v) is 8.19. The Morgan fingerprint density at radius 3 is 2.64 bits per heavy atom. The highest BCUT2D eigenvalue weighted by molar-refractivity contribution is 5.92. The molecule has 2 aliphatic rings. The quantitative estimate of drug-likeness (QED) is 0.700. The average Bonchev–Trinajstić information content (AvgIpc) is 2.73. The van der Waals surface area contributed by atoms with Crippen molar-refractivity contribution in [1.82, 2.24) is 9.80 Å². The average molecular weight is 387 g/mol. The van der Waals surface area contributed by atoms with E-state index in [0.717, 1.165) is 37.5 Å². The van der Waals surface area contributed by atoms with Gasteiger partial charge < -0.3 is 19.3 Å². The third-order valence-corrected chi connectivity index (χ3v) is 6.06. The van der Waals surface area contributed by atoms with Crippen LogP contribution in [0.3, 0.4) is 0 Å². The van der Waals surface area contributed by atoms with E-state index < -0.39 is 0 Å². The zero-order chi connectivity index (χ0) is 19.9. The Balaban J connectivity index is 1.57. The fourth-order valence-electron chi connectivity index (χ4n) is 4.33. The van der Waals surface area contributed by atoms with Gasteiger partial charge in [-0.1, -0.05) is 19.1 Å². The fraction of sp³-hybridized carbons (Fsp3) is 0.609. The van der Waals surface area contributed by atoms with Crippen molar-refractivity contribution < 1.29 is 14.3 Å². The zero-order valence-corrected chi connectivity index (χ0v) is 17.5. The first-order chi connectivity index (χ1) is 13.6. The van der Waals surface area contributed by atoms with Crippen LogP contribution < -0.4 is 9.47 Å². The van der Waals surface area contributed by atoms with Gasteiger partial charge in [-0.3, -0.25) is 4.79 Å². The Kier molecular flexibility index (Phi) is 7.37. The molecule has 3 rings (SSSR count). The van der Waals surface area contributed by atoms with Gasteiger partial charge in [0.15, 0.2) is 11.5 Å². The number of hydrogen-bond acceptors (Lipinski definition) is 4. The highest BCUT2D eigenvalue weighted by Crippen LogP contribution is 2.31. The summed E-state index contributed by atoms with van der Waals surface area (Å²) in [6.07, 6.45) is 8.43. The van der Waals surface area contributed by atoms with Crippen LogP contribution in [0.2, 0.25) is 0 Å². The Morgan fingerprint density at radius 1 is 1.14 bits per heavy atom. The van der Waals surface area contributed by atoms with E-state index in [2.05, 4.69) is 11.8 Å². The summed E-state index contributed by atoms with van der Waals surface area (Å²) in [6, 6.07) is 5.69. The normalized spacial score (nSPS) is 21.8. The monoisotopic (exact) mass is 386 g/mol. The second kappa shape index (κ2) is 9.97. The van der Waals surface area contributed by atoms with Crippen LogP contribution in [0.4, 0.5) is 0 Å². The Hall–Kier alpha value is -2.01. The maximum absolute atomic E-state index is 12.8. The van der Waals surface area contributed by atoms with Crippen LogP contribution in [-0.4, -0.2) is 62.7 Å². The summed E-state index contributed by atoms with van der Waals surface area (Å²) in [5.74, 6) is 2.86. The SMILES string of the molecule is COc1cccc(/C=C\C(=O)N2CCC[C@H](CN3CCC(C)CC3)C2)c1OC. The minimum absolute atomic E-state index is 0.0850. The highest BCUT2D eigenvalue weighted by Gasteiger charge is 2.25. The van der Waals surface area contributed by atoms with Crippen molar-refractivity contribution >= 4 is 12.0 Å². The molecule has 1 amide bonds. The van der Waals surface area contributed by atoms with Gasteiger partial charge in [-0.2, -0.15) is 0 Å². The summed E-state index contributed by atoms with van der Waals surface area (Å²) in [6.45, 7) is 7.62. The van der Waals surface area contributed by atoms with E-state index >= 15 is 0 Å². The summed E-state index contributed by atoms with van der Waals surface area (Å²) in [5.41, 5.74) is 0.853. The van der Waals surface area contributed by atoms with Crippen molar-refractivity contribution in [2.45, 2.75) is 32.6 Å². The molecule has 1 aromatic carbocycles. The van der Waals surface area contributed by atoms with Gasteiger partial charge in [0.1, 0.15) is 0 Å². The summed E-state index contributed by atoms with van der Waals surface area (Å²) in [5, 5.41) is 0. The van der Waals surface area contributed by atoms with Crippen LogP contribution in [0, 0.1) is 11.8 Å². The summed E-state index contributed by atoms with van der Waals surface area (Å²) < 4.78 is 10.8. The lowest BCUT2D eigenvalue weighted by atomic mass is 9.94. The molecule has 0 N–H and O–H groups in total. The number of ether oxygens (including phenoxy) is 2. The summed E-state index contributed by atoms with van der Waals surface area (Å²) >= 11 is 0. The molecule has 1 atom stereocenters. The molecule has 2 saturated heterocycles. The van der Waals surface area contributed by atoms with Gasteiger partial charge in [-0.25, -0.2) is 0 Å². The molecule has 0 unspecified atom stereocenters. The third-order valence-electron chi connectivity index (χ3n) is 6.06. The molecule has 0 saturated carbocycles. The standard InChI is InChI=1S/C23H34N2O3/c1-18-11-14-24(15-12-18)16-19-6-5-13-25(17-19)22(26)10-9-20-7-4-8-21(27-2)23(20)28-3/h4,7-10,18-19H,5-6,11-17H2,1-3H3/b10-9-/t19-/m1/s1. The molecule has 0 aromatic heterocycles. The number of carbonyl (C=O) groups excluding carboxylic acids is 1. The number of amides is 1. The van der Waals surface area contributed by atoms with Crippen LogP contribution in [0.25, 0.3) is 6.08 Å². The number of carbonyl (C=O) groups is 1. The first-order valence-corrected chi connectivity index (χ1v) is 10.5. The van der Waals surface area contributed by atoms with E-state index in [9.17, 15) is 4.79 Å². The number of likely N-dealkylation sites (tertiary alicyclic amines) is 2. The Labute approximate surface area is 169 Å². The topological polar surface area (TPSA) is 42.0 Å². The van der Waals surface area contributed by atoms with Crippen molar-refractivity contribution in [2.24, 2.45) is 11.8 Å². The van der Waals surface area contributed by atoms with Crippen molar-refractivity contribution in [1.29, 1.82) is 0 Å². The number of nitrogens with zero attached hydrogens (tertiary/aromatic N) is 2. The lowest BCUT2D eigenvalue weighted by molar-refractivity contribution is -0.127. The van der Waals surface area contributed by atoms with Crippen molar-refractivity contribution in [3.8, 4) is 11.5 Å². The smallest absolute Gasteiger partial charge is 0.246 e. The molecule has 2 heterocycles. The molecule has 2 aliphatic heterocycles. The van der Waals surface area contributed by atoms with E-state index in [-0.39, 0.29) is 5.91 Å². The van der Waals surface area contributed by atoms with E-state index in [1.165, 1.54) is 32.4 Å². The van der Waals surface area contributed by atoms with Crippen molar-refractivity contribution in [2.75, 3.05) is 46.9 Å². The maximum atomic E-state index is 12.8. The van der Waals surface area contributed by atoms with Crippen LogP contribution >= 0.6 is 0 Å². The molecule has 0 spiro atoms. The molecular weight excluding hydrogens is 352 g/mol. The van der Waals surface area contributed by atoms with Crippen LogP contribution in [0.15, 0.2) is 24.3 Å². The minimum atomic E-state index is 0.0850. The van der Waals surface area contributed by atoms with Crippen molar-refractivity contribution in [3.63, 3.8) is 0 Å². The Morgan fingerprint density at radius 2 is 1.93 bits per heavy atom.